The van der Waals surface area contributed by atoms with E-state index >= 15 is 0 Å². The predicted molar refractivity (Wildman–Crippen MR) is 118 cm³/mol. The second-order valence-electron chi connectivity index (χ2n) is 7.16. The van der Waals surface area contributed by atoms with Crippen LogP contribution in [0.25, 0.3) is 11.4 Å². The van der Waals surface area contributed by atoms with E-state index in [1.165, 1.54) is 0 Å². The van der Waals surface area contributed by atoms with Crippen molar-refractivity contribution in [3.63, 3.8) is 0 Å². The molecule has 32 heavy (non-hydrogen) atoms. The number of primary sulfonamides is 1. The van der Waals surface area contributed by atoms with E-state index in [0.29, 0.717) is 31.0 Å². The summed E-state index contributed by atoms with van der Waals surface area (Å²) in [6, 6.07) is 16.4. The van der Waals surface area contributed by atoms with E-state index < -0.39 is 10.0 Å². The first-order valence-corrected chi connectivity index (χ1v) is 11.5. The Morgan fingerprint density at radius 1 is 1.03 bits per heavy atom. The quantitative estimate of drug-likeness (QED) is 0.421. The molecule has 0 bridgehead atoms. The molecular formula is C22H22N6O3S. The molecule has 0 spiro atoms. The number of sulfonamides is 1. The minimum atomic E-state index is -3.90. The number of tetrazole rings is 1. The van der Waals surface area contributed by atoms with Crippen LogP contribution in [-0.4, -0.2) is 40.6 Å². The van der Waals surface area contributed by atoms with Crippen LogP contribution < -0.4 is 9.88 Å². The van der Waals surface area contributed by atoms with Crippen molar-refractivity contribution in [2.45, 2.75) is 24.7 Å². The number of hydrogen-bond acceptors (Lipinski definition) is 7. The number of aromatic amines is 1. The van der Waals surface area contributed by atoms with Gasteiger partial charge in [0.15, 0.2) is 0 Å². The van der Waals surface area contributed by atoms with Gasteiger partial charge >= 0.3 is 0 Å². The Hall–Kier alpha value is -3.63. The van der Waals surface area contributed by atoms with Crippen LogP contribution >= 0.6 is 0 Å². The second kappa shape index (κ2) is 9.25. The van der Waals surface area contributed by atoms with Gasteiger partial charge in [0.25, 0.3) is 0 Å². The number of H-pyrrole nitrogens is 1. The molecule has 3 N–H and O–H groups in total. The first kappa shape index (κ1) is 21.6. The maximum atomic E-state index is 12.2. The van der Waals surface area contributed by atoms with E-state index in [-0.39, 0.29) is 4.90 Å². The number of hydrogen-bond donors (Lipinski definition) is 2. The van der Waals surface area contributed by atoms with Gasteiger partial charge in [-0.3, -0.25) is 4.98 Å². The molecule has 9 nitrogen and oxygen atoms in total. The first-order chi connectivity index (χ1) is 15.4. The van der Waals surface area contributed by atoms with Crippen molar-refractivity contribution >= 4 is 10.0 Å². The highest BCUT2D eigenvalue weighted by atomic mass is 32.2. The zero-order valence-electron chi connectivity index (χ0n) is 17.4. The van der Waals surface area contributed by atoms with E-state index in [0.717, 1.165) is 27.9 Å². The van der Waals surface area contributed by atoms with E-state index in [4.69, 9.17) is 9.88 Å². The number of nitrogens with one attached hydrogen (secondary N) is 1. The molecule has 0 unspecified atom stereocenters. The van der Waals surface area contributed by atoms with Crippen LogP contribution in [0.5, 0.6) is 5.75 Å². The Labute approximate surface area is 185 Å². The zero-order valence-corrected chi connectivity index (χ0v) is 18.2. The van der Waals surface area contributed by atoms with Gasteiger partial charge in [0, 0.05) is 41.4 Å². The summed E-state index contributed by atoms with van der Waals surface area (Å²) in [7, 11) is -3.90. The fourth-order valence-electron chi connectivity index (χ4n) is 3.45. The molecule has 2 aromatic carbocycles. The van der Waals surface area contributed by atoms with Gasteiger partial charge in [0.1, 0.15) is 5.75 Å². The lowest BCUT2D eigenvalue weighted by Gasteiger charge is -2.17. The van der Waals surface area contributed by atoms with Crippen LogP contribution in [0.4, 0.5) is 0 Å². The fourth-order valence-corrected chi connectivity index (χ4v) is 4.07. The van der Waals surface area contributed by atoms with Crippen LogP contribution in [0.1, 0.15) is 29.3 Å². The molecule has 2 heterocycles. The van der Waals surface area contributed by atoms with Crippen LogP contribution in [0.2, 0.25) is 0 Å². The summed E-state index contributed by atoms with van der Waals surface area (Å²) in [5.74, 6) is 1.15. The monoisotopic (exact) mass is 450 g/mol. The summed E-state index contributed by atoms with van der Waals surface area (Å²) >= 11 is 0. The molecule has 0 atom stereocenters. The molecule has 0 amide bonds. The number of pyridine rings is 1. The predicted octanol–water partition coefficient (Wildman–Crippen LogP) is 2.49. The SMILES string of the molecule is CCOc1c(Cc2ccc(-c3nn[nH]n3)cc2)cc(S(N)(=O)=O)cc1Cc1ccccn1. The van der Waals surface area contributed by atoms with Crippen LogP contribution in [0.15, 0.2) is 65.7 Å². The number of ether oxygens (including phenoxy) is 1. The third-order valence-electron chi connectivity index (χ3n) is 4.88. The van der Waals surface area contributed by atoms with E-state index in [9.17, 15) is 8.42 Å². The topological polar surface area (TPSA) is 137 Å². The van der Waals surface area contributed by atoms with Crippen molar-refractivity contribution in [2.24, 2.45) is 5.14 Å². The lowest BCUT2D eigenvalue weighted by Crippen LogP contribution is -2.14. The Kier molecular flexibility index (Phi) is 6.24. The van der Waals surface area contributed by atoms with Crippen molar-refractivity contribution in [2.75, 3.05) is 6.61 Å². The maximum absolute atomic E-state index is 12.2. The van der Waals surface area contributed by atoms with Crippen molar-refractivity contribution in [1.29, 1.82) is 0 Å². The second-order valence-corrected chi connectivity index (χ2v) is 8.72. The Balaban J connectivity index is 1.74. The fraction of sp³-hybridized carbons (Fsp3) is 0.182. The largest absolute Gasteiger partial charge is 0.493 e. The molecule has 164 valence electrons. The smallest absolute Gasteiger partial charge is 0.238 e. The average Bonchev–Trinajstić information content (AvgIpc) is 3.31. The molecule has 0 fully saturated rings. The average molecular weight is 451 g/mol. The summed E-state index contributed by atoms with van der Waals surface area (Å²) < 4.78 is 30.3. The molecule has 0 saturated carbocycles. The van der Waals surface area contributed by atoms with Gasteiger partial charge in [-0.1, -0.05) is 30.3 Å². The van der Waals surface area contributed by atoms with E-state index in [1.807, 2.05) is 49.4 Å². The number of benzene rings is 2. The molecule has 4 aromatic rings. The van der Waals surface area contributed by atoms with Crippen molar-refractivity contribution in [3.05, 3.63) is 83.2 Å². The number of aromatic nitrogens is 5. The minimum Gasteiger partial charge on any atom is -0.493 e. The number of rotatable bonds is 8. The lowest BCUT2D eigenvalue weighted by molar-refractivity contribution is 0.333. The van der Waals surface area contributed by atoms with Crippen LogP contribution in [0, 0.1) is 0 Å². The Bertz CT molecular complexity index is 1290. The van der Waals surface area contributed by atoms with Gasteiger partial charge in [-0.2, -0.15) is 5.21 Å². The van der Waals surface area contributed by atoms with Gasteiger partial charge in [0.05, 0.1) is 11.5 Å². The normalized spacial score (nSPS) is 11.4. The van der Waals surface area contributed by atoms with Crippen molar-refractivity contribution in [3.8, 4) is 17.1 Å². The zero-order chi connectivity index (χ0) is 22.6. The highest BCUT2D eigenvalue weighted by molar-refractivity contribution is 7.89. The van der Waals surface area contributed by atoms with Crippen LogP contribution in [0.3, 0.4) is 0 Å². The standard InChI is InChI=1S/C22H22N6O3S/c1-2-31-21-17(11-15-6-8-16(9-7-15)22-25-27-28-26-22)13-20(32(23,29)30)14-18(21)12-19-5-3-4-10-24-19/h3-10,13-14H,2,11-12H2,1H3,(H2,23,29,30)(H,25,26,27,28). The number of nitrogens with zero attached hydrogens (tertiary/aromatic N) is 4. The maximum Gasteiger partial charge on any atom is 0.238 e. The molecule has 0 aliphatic heterocycles. The highest BCUT2D eigenvalue weighted by Gasteiger charge is 2.19. The summed E-state index contributed by atoms with van der Waals surface area (Å²) in [6.07, 6.45) is 2.58. The summed E-state index contributed by atoms with van der Waals surface area (Å²) in [5.41, 5.74) is 4.04. The third kappa shape index (κ3) is 4.98. The van der Waals surface area contributed by atoms with Gasteiger partial charge in [-0.25, -0.2) is 13.6 Å². The molecule has 10 heteroatoms. The lowest BCUT2D eigenvalue weighted by atomic mass is 9.98. The van der Waals surface area contributed by atoms with Crippen molar-refractivity contribution in [1.82, 2.24) is 25.6 Å². The Morgan fingerprint density at radius 2 is 1.78 bits per heavy atom. The Morgan fingerprint density at radius 3 is 2.38 bits per heavy atom. The van der Waals surface area contributed by atoms with Gasteiger partial charge < -0.3 is 4.74 Å². The third-order valence-corrected chi connectivity index (χ3v) is 5.78. The molecule has 4 rings (SSSR count). The number of nitrogens with two attached hydrogens (primary N) is 1. The highest BCUT2D eigenvalue weighted by Crippen LogP contribution is 2.32. The summed E-state index contributed by atoms with van der Waals surface area (Å²) in [6.45, 7) is 2.33. The molecule has 0 aliphatic rings. The first-order valence-electron chi connectivity index (χ1n) is 9.98. The molecular weight excluding hydrogens is 428 g/mol. The summed E-state index contributed by atoms with van der Waals surface area (Å²) in [4.78, 5) is 4.41. The van der Waals surface area contributed by atoms with Crippen LogP contribution in [-0.2, 0) is 22.9 Å². The molecule has 0 radical (unpaired) electrons. The van der Waals surface area contributed by atoms with Crippen molar-refractivity contribution < 1.29 is 13.2 Å². The minimum absolute atomic E-state index is 0.0466. The van der Waals surface area contributed by atoms with Gasteiger partial charge in [-0.15, -0.1) is 10.2 Å². The van der Waals surface area contributed by atoms with E-state index in [2.05, 4.69) is 25.6 Å². The molecule has 0 saturated heterocycles. The summed E-state index contributed by atoms with van der Waals surface area (Å²) in [5, 5.41) is 19.4. The van der Waals surface area contributed by atoms with E-state index in [1.54, 1.807) is 18.3 Å². The molecule has 2 aromatic heterocycles. The molecule has 0 aliphatic carbocycles. The van der Waals surface area contributed by atoms with Gasteiger partial charge in [-0.05, 0) is 42.0 Å². The van der Waals surface area contributed by atoms with Gasteiger partial charge in [0.2, 0.25) is 15.8 Å².